The molecule has 1 heterocycles. The van der Waals surface area contributed by atoms with Gasteiger partial charge in [-0.1, -0.05) is 22.9 Å². The summed E-state index contributed by atoms with van der Waals surface area (Å²) < 4.78 is 14.3. The van der Waals surface area contributed by atoms with Gasteiger partial charge in [-0.15, -0.1) is 0 Å². The number of nitrogens with zero attached hydrogens (tertiary/aromatic N) is 1. The first-order valence-corrected chi connectivity index (χ1v) is 5.46. The summed E-state index contributed by atoms with van der Waals surface area (Å²) in [5.41, 5.74) is 6.98. The first-order valence-electron chi connectivity index (χ1n) is 4.66. The molecule has 78 valence electrons. The van der Waals surface area contributed by atoms with Gasteiger partial charge in [0, 0.05) is 9.86 Å². The van der Waals surface area contributed by atoms with Crippen LogP contribution in [0.25, 0.3) is 10.9 Å². The summed E-state index contributed by atoms with van der Waals surface area (Å²) >= 11 is 3.37. The number of nitrogen functional groups attached to an aromatic ring is 1. The normalized spacial score (nSPS) is 10.9. The number of rotatable bonds is 1. The molecule has 1 aromatic heterocycles. The number of hydrogen-bond acceptors (Lipinski definition) is 2. The van der Waals surface area contributed by atoms with Crippen molar-refractivity contribution in [2.24, 2.45) is 0 Å². The van der Waals surface area contributed by atoms with Crippen molar-refractivity contribution in [3.05, 3.63) is 34.1 Å². The molecule has 0 aliphatic rings. The van der Waals surface area contributed by atoms with Gasteiger partial charge in [0.1, 0.15) is 17.2 Å². The lowest BCUT2D eigenvalue weighted by Gasteiger charge is -2.06. The zero-order valence-electron chi connectivity index (χ0n) is 8.22. The molecule has 1 aromatic carbocycles. The van der Waals surface area contributed by atoms with E-state index in [0.717, 1.165) is 21.8 Å². The first-order chi connectivity index (χ1) is 7.13. The Kier molecular flexibility index (Phi) is 2.61. The van der Waals surface area contributed by atoms with Crippen molar-refractivity contribution in [2.75, 3.05) is 5.73 Å². The van der Waals surface area contributed by atoms with Crippen LogP contribution in [0.2, 0.25) is 0 Å². The van der Waals surface area contributed by atoms with E-state index in [1.165, 1.54) is 6.07 Å². The third kappa shape index (κ3) is 1.69. The second kappa shape index (κ2) is 3.77. The summed E-state index contributed by atoms with van der Waals surface area (Å²) in [4.78, 5) is 4.08. The van der Waals surface area contributed by atoms with Gasteiger partial charge in [0.2, 0.25) is 0 Å². The van der Waals surface area contributed by atoms with E-state index in [4.69, 9.17) is 5.73 Å². The summed E-state index contributed by atoms with van der Waals surface area (Å²) in [6.07, 6.45) is 0.789. The van der Waals surface area contributed by atoms with E-state index in [1.807, 2.05) is 13.0 Å². The Morgan fingerprint density at radius 2 is 2.20 bits per heavy atom. The molecule has 4 heteroatoms. The fourth-order valence-electron chi connectivity index (χ4n) is 1.53. The van der Waals surface area contributed by atoms with Crippen LogP contribution in [0.4, 0.5) is 10.2 Å². The molecule has 0 saturated carbocycles. The monoisotopic (exact) mass is 268 g/mol. The lowest BCUT2D eigenvalue weighted by Crippen LogP contribution is -1.98. The van der Waals surface area contributed by atoms with Crippen molar-refractivity contribution in [1.29, 1.82) is 0 Å². The third-order valence-corrected chi connectivity index (χ3v) is 3.07. The predicted octanol–water partition coefficient (Wildman–Crippen LogP) is 3.28. The first kappa shape index (κ1) is 10.4. The van der Waals surface area contributed by atoms with Gasteiger partial charge in [0.05, 0.1) is 0 Å². The van der Waals surface area contributed by atoms with Crippen LogP contribution in [0.15, 0.2) is 22.7 Å². The fourth-order valence-corrected chi connectivity index (χ4v) is 1.97. The number of aromatic nitrogens is 1. The molecule has 0 saturated heterocycles. The van der Waals surface area contributed by atoms with Crippen molar-refractivity contribution < 1.29 is 4.39 Å². The van der Waals surface area contributed by atoms with E-state index in [1.54, 1.807) is 6.07 Å². The lowest BCUT2D eigenvalue weighted by molar-refractivity contribution is 0.636. The molecule has 2 N–H and O–H groups in total. The Bertz CT molecular complexity index is 525. The number of pyridine rings is 1. The smallest absolute Gasteiger partial charge is 0.149 e. The van der Waals surface area contributed by atoms with Crippen LogP contribution in [0, 0.1) is 5.82 Å². The molecular formula is C11H10BrFN2. The summed E-state index contributed by atoms with van der Waals surface area (Å²) in [5.74, 6) is 0.0598. The van der Waals surface area contributed by atoms with Crippen molar-refractivity contribution in [1.82, 2.24) is 4.98 Å². The summed E-state index contributed by atoms with van der Waals surface area (Å²) in [7, 11) is 0. The van der Waals surface area contributed by atoms with Crippen molar-refractivity contribution in [3.63, 3.8) is 0 Å². The summed E-state index contributed by atoms with van der Waals surface area (Å²) in [6, 6.07) is 4.93. The van der Waals surface area contributed by atoms with Gasteiger partial charge in [0.25, 0.3) is 0 Å². The number of benzene rings is 1. The van der Waals surface area contributed by atoms with Gasteiger partial charge in [-0.25, -0.2) is 9.37 Å². The zero-order valence-corrected chi connectivity index (χ0v) is 9.81. The van der Waals surface area contributed by atoms with Crippen LogP contribution >= 0.6 is 15.9 Å². The van der Waals surface area contributed by atoms with E-state index >= 15 is 0 Å². The van der Waals surface area contributed by atoms with Gasteiger partial charge in [-0.3, -0.25) is 0 Å². The topological polar surface area (TPSA) is 38.9 Å². The largest absolute Gasteiger partial charge is 0.383 e. The molecule has 2 rings (SSSR count). The maximum absolute atomic E-state index is 13.4. The van der Waals surface area contributed by atoms with E-state index in [2.05, 4.69) is 20.9 Å². The molecule has 0 unspecified atom stereocenters. The molecule has 0 bridgehead atoms. The van der Waals surface area contributed by atoms with Gasteiger partial charge in [-0.2, -0.15) is 0 Å². The van der Waals surface area contributed by atoms with Crippen LogP contribution in [-0.4, -0.2) is 4.98 Å². The van der Waals surface area contributed by atoms with Crippen LogP contribution in [0.1, 0.15) is 12.5 Å². The quantitative estimate of drug-likeness (QED) is 0.862. The highest BCUT2D eigenvalue weighted by Gasteiger charge is 2.09. The Hall–Kier alpha value is -1.16. The van der Waals surface area contributed by atoms with Gasteiger partial charge < -0.3 is 5.73 Å². The number of halogens is 2. The van der Waals surface area contributed by atoms with Crippen LogP contribution in [-0.2, 0) is 6.42 Å². The highest BCUT2D eigenvalue weighted by Crippen LogP contribution is 2.27. The van der Waals surface area contributed by atoms with E-state index < -0.39 is 0 Å². The standard InChI is InChI=1S/C11H10BrFN2/c1-2-6-5-7-8(12)3-4-9(13)10(7)15-11(6)14/h3-5H,2H2,1H3,(H2,14,15). The van der Waals surface area contributed by atoms with Crippen molar-refractivity contribution >= 4 is 32.7 Å². The average Bonchev–Trinajstić information content (AvgIpc) is 2.23. The van der Waals surface area contributed by atoms with Crippen LogP contribution < -0.4 is 5.73 Å². The molecule has 0 aliphatic carbocycles. The minimum atomic E-state index is -0.345. The minimum absolute atomic E-state index is 0.319. The molecule has 2 aromatic rings. The van der Waals surface area contributed by atoms with Gasteiger partial charge in [-0.05, 0) is 30.2 Å². The molecule has 0 spiro atoms. The number of hydrogen-bond donors (Lipinski definition) is 1. The molecule has 0 atom stereocenters. The number of nitrogens with two attached hydrogens (primary N) is 1. The molecule has 0 aliphatic heterocycles. The number of fused-ring (bicyclic) bond motifs is 1. The highest BCUT2D eigenvalue weighted by atomic mass is 79.9. The zero-order chi connectivity index (χ0) is 11.0. The highest BCUT2D eigenvalue weighted by molar-refractivity contribution is 9.10. The summed E-state index contributed by atoms with van der Waals surface area (Å²) in [6.45, 7) is 1.99. The SMILES string of the molecule is CCc1cc2c(Br)ccc(F)c2nc1N. The van der Waals surface area contributed by atoms with E-state index in [9.17, 15) is 4.39 Å². The Labute approximate surface area is 95.4 Å². The van der Waals surface area contributed by atoms with Crippen molar-refractivity contribution in [3.8, 4) is 0 Å². The summed E-state index contributed by atoms with van der Waals surface area (Å²) in [5, 5.41) is 0.765. The maximum Gasteiger partial charge on any atom is 0.149 e. The van der Waals surface area contributed by atoms with Gasteiger partial charge in [0.15, 0.2) is 0 Å². The molecule has 2 nitrogen and oxygen atoms in total. The van der Waals surface area contributed by atoms with Crippen LogP contribution in [0.3, 0.4) is 0 Å². The molecular weight excluding hydrogens is 259 g/mol. The lowest BCUT2D eigenvalue weighted by atomic mass is 10.1. The predicted molar refractivity (Wildman–Crippen MR) is 63.2 cm³/mol. The third-order valence-electron chi connectivity index (χ3n) is 2.38. The van der Waals surface area contributed by atoms with E-state index in [-0.39, 0.29) is 5.82 Å². The Morgan fingerprint density at radius 3 is 2.87 bits per heavy atom. The number of aryl methyl sites for hydroxylation is 1. The molecule has 0 fully saturated rings. The van der Waals surface area contributed by atoms with Gasteiger partial charge >= 0.3 is 0 Å². The Morgan fingerprint density at radius 1 is 1.47 bits per heavy atom. The minimum Gasteiger partial charge on any atom is -0.383 e. The van der Waals surface area contributed by atoms with Crippen LogP contribution in [0.5, 0.6) is 0 Å². The molecule has 0 amide bonds. The number of anilines is 1. The second-order valence-corrected chi connectivity index (χ2v) is 4.17. The second-order valence-electron chi connectivity index (χ2n) is 3.31. The molecule has 0 radical (unpaired) electrons. The van der Waals surface area contributed by atoms with E-state index in [0.29, 0.717) is 11.3 Å². The average molecular weight is 269 g/mol. The van der Waals surface area contributed by atoms with Crippen molar-refractivity contribution in [2.45, 2.75) is 13.3 Å². The maximum atomic E-state index is 13.4. The fraction of sp³-hybridized carbons (Fsp3) is 0.182. The molecule has 15 heavy (non-hydrogen) atoms. The Balaban J connectivity index is 2.86.